The second-order valence-electron chi connectivity index (χ2n) is 6.48. The summed E-state index contributed by atoms with van der Waals surface area (Å²) in [5.74, 6) is -0.281. The van der Waals surface area contributed by atoms with Crippen LogP contribution in [0.15, 0.2) is 42.6 Å². The number of aromatic amines is 1. The molecule has 0 spiro atoms. The number of carbonyl (C=O) groups is 1. The third-order valence-electron chi connectivity index (χ3n) is 3.27. The van der Waals surface area contributed by atoms with Crippen molar-refractivity contribution in [3.8, 4) is 11.3 Å². The largest absolute Gasteiger partial charge is 0.444 e. The summed E-state index contributed by atoms with van der Waals surface area (Å²) < 4.78 is 18.2. The lowest BCUT2D eigenvalue weighted by Crippen LogP contribution is -2.27. The molecule has 0 aliphatic carbocycles. The number of rotatable bonds is 2. The zero-order valence-corrected chi connectivity index (χ0v) is 13.7. The van der Waals surface area contributed by atoms with Crippen molar-refractivity contribution < 1.29 is 13.9 Å². The topological polar surface area (TPSA) is 67.0 Å². The van der Waals surface area contributed by atoms with Gasteiger partial charge in [0.2, 0.25) is 0 Å². The number of fused-ring (bicyclic) bond motifs is 1. The number of carbonyl (C=O) groups excluding carboxylic acids is 1. The molecule has 0 aliphatic rings. The smallest absolute Gasteiger partial charge is 0.412 e. The molecule has 6 heteroatoms. The van der Waals surface area contributed by atoms with Crippen LogP contribution in [-0.4, -0.2) is 21.7 Å². The van der Waals surface area contributed by atoms with Gasteiger partial charge in [-0.3, -0.25) is 5.32 Å². The van der Waals surface area contributed by atoms with E-state index in [2.05, 4.69) is 15.3 Å². The third kappa shape index (κ3) is 3.71. The first-order chi connectivity index (χ1) is 11.3. The van der Waals surface area contributed by atoms with Gasteiger partial charge in [0, 0.05) is 11.1 Å². The van der Waals surface area contributed by atoms with E-state index in [0.717, 1.165) is 16.6 Å². The SMILES string of the molecule is CC(C)(C)OC(=O)Nc1cnc2[nH]c(-c3ccc(F)cc3)cc2c1. The Bertz CT molecular complexity index is 879. The number of anilines is 1. The first kappa shape index (κ1) is 16.0. The van der Waals surface area contributed by atoms with Crippen LogP contribution in [0.1, 0.15) is 20.8 Å². The van der Waals surface area contributed by atoms with Crippen molar-refractivity contribution in [3.63, 3.8) is 0 Å². The van der Waals surface area contributed by atoms with E-state index in [0.29, 0.717) is 11.3 Å². The number of aromatic nitrogens is 2. The number of pyridine rings is 1. The van der Waals surface area contributed by atoms with Gasteiger partial charge in [0.1, 0.15) is 17.1 Å². The molecule has 0 fully saturated rings. The van der Waals surface area contributed by atoms with Crippen LogP contribution in [0.25, 0.3) is 22.3 Å². The molecule has 3 rings (SSSR count). The number of hydrogen-bond acceptors (Lipinski definition) is 3. The van der Waals surface area contributed by atoms with E-state index >= 15 is 0 Å². The molecule has 5 nitrogen and oxygen atoms in total. The minimum atomic E-state index is -0.564. The van der Waals surface area contributed by atoms with Gasteiger partial charge in [0.25, 0.3) is 0 Å². The van der Waals surface area contributed by atoms with Crippen LogP contribution >= 0.6 is 0 Å². The van der Waals surface area contributed by atoms with Crippen molar-refractivity contribution in [2.75, 3.05) is 5.32 Å². The standard InChI is InChI=1S/C18H18FN3O2/c1-18(2,3)24-17(23)21-14-8-12-9-15(22-16(12)20-10-14)11-4-6-13(19)7-5-11/h4-10H,1-3H3,(H,20,22)(H,21,23). The molecule has 1 amide bonds. The van der Waals surface area contributed by atoms with Crippen molar-refractivity contribution in [3.05, 3.63) is 48.4 Å². The molecule has 1 aromatic carbocycles. The highest BCUT2D eigenvalue weighted by atomic mass is 19.1. The molecule has 0 saturated heterocycles. The van der Waals surface area contributed by atoms with E-state index < -0.39 is 11.7 Å². The summed E-state index contributed by atoms with van der Waals surface area (Å²) in [7, 11) is 0. The minimum absolute atomic E-state index is 0.281. The van der Waals surface area contributed by atoms with Crippen molar-refractivity contribution in [2.45, 2.75) is 26.4 Å². The van der Waals surface area contributed by atoms with Crippen molar-refractivity contribution in [1.82, 2.24) is 9.97 Å². The van der Waals surface area contributed by atoms with Crippen molar-refractivity contribution in [2.24, 2.45) is 0 Å². The zero-order chi connectivity index (χ0) is 17.3. The average molecular weight is 327 g/mol. The number of nitrogens with one attached hydrogen (secondary N) is 2. The predicted octanol–water partition coefficient (Wildman–Crippen LogP) is 4.72. The van der Waals surface area contributed by atoms with Gasteiger partial charge in [-0.1, -0.05) is 0 Å². The Hall–Kier alpha value is -2.89. The van der Waals surface area contributed by atoms with E-state index in [1.54, 1.807) is 45.2 Å². The molecule has 2 heterocycles. The minimum Gasteiger partial charge on any atom is -0.444 e. The van der Waals surface area contributed by atoms with Crippen LogP contribution in [0.2, 0.25) is 0 Å². The van der Waals surface area contributed by atoms with Gasteiger partial charge in [-0.25, -0.2) is 14.2 Å². The first-order valence-corrected chi connectivity index (χ1v) is 7.55. The first-order valence-electron chi connectivity index (χ1n) is 7.55. The van der Waals surface area contributed by atoms with Crippen LogP contribution in [-0.2, 0) is 4.74 Å². The number of nitrogens with zero attached hydrogens (tertiary/aromatic N) is 1. The summed E-state index contributed by atoms with van der Waals surface area (Å²) >= 11 is 0. The van der Waals surface area contributed by atoms with Gasteiger partial charge in [0.15, 0.2) is 0 Å². The summed E-state index contributed by atoms with van der Waals surface area (Å²) in [5, 5.41) is 3.50. The van der Waals surface area contributed by atoms with Crippen LogP contribution in [0.4, 0.5) is 14.9 Å². The summed E-state index contributed by atoms with van der Waals surface area (Å²) in [5.41, 5.74) is 2.35. The molecule has 2 aromatic heterocycles. The summed E-state index contributed by atoms with van der Waals surface area (Å²) in [6.07, 6.45) is 1.02. The third-order valence-corrected chi connectivity index (χ3v) is 3.27. The summed E-state index contributed by atoms with van der Waals surface area (Å²) in [6.45, 7) is 5.40. The van der Waals surface area contributed by atoms with E-state index in [4.69, 9.17) is 4.74 Å². The summed E-state index contributed by atoms with van der Waals surface area (Å²) in [4.78, 5) is 19.3. The Labute approximate surface area is 138 Å². The quantitative estimate of drug-likeness (QED) is 0.716. The van der Waals surface area contributed by atoms with E-state index in [1.165, 1.54) is 12.1 Å². The van der Waals surface area contributed by atoms with Gasteiger partial charge in [-0.15, -0.1) is 0 Å². The van der Waals surface area contributed by atoms with Gasteiger partial charge in [0.05, 0.1) is 11.9 Å². The number of amides is 1. The number of ether oxygens (including phenoxy) is 1. The number of hydrogen-bond donors (Lipinski definition) is 2. The number of benzene rings is 1. The maximum Gasteiger partial charge on any atom is 0.412 e. The van der Waals surface area contributed by atoms with Crippen LogP contribution in [0, 0.1) is 5.82 Å². The molecule has 3 aromatic rings. The number of halogens is 1. The van der Waals surface area contributed by atoms with Crippen LogP contribution < -0.4 is 5.32 Å². The molecular weight excluding hydrogens is 309 g/mol. The molecular formula is C18H18FN3O2. The lowest BCUT2D eigenvalue weighted by molar-refractivity contribution is 0.0636. The molecule has 24 heavy (non-hydrogen) atoms. The average Bonchev–Trinajstić information content (AvgIpc) is 2.89. The molecule has 2 N–H and O–H groups in total. The van der Waals surface area contributed by atoms with Crippen LogP contribution in [0.3, 0.4) is 0 Å². The zero-order valence-electron chi connectivity index (χ0n) is 13.7. The Kier molecular flexibility index (Phi) is 3.97. The lowest BCUT2D eigenvalue weighted by Gasteiger charge is -2.19. The van der Waals surface area contributed by atoms with E-state index in [-0.39, 0.29) is 5.82 Å². The van der Waals surface area contributed by atoms with Gasteiger partial charge in [-0.05, 0) is 62.7 Å². The highest BCUT2D eigenvalue weighted by Crippen LogP contribution is 2.25. The second-order valence-corrected chi connectivity index (χ2v) is 6.48. The summed E-state index contributed by atoms with van der Waals surface area (Å²) in [6, 6.07) is 9.90. The number of H-pyrrole nitrogens is 1. The fourth-order valence-corrected chi connectivity index (χ4v) is 2.29. The van der Waals surface area contributed by atoms with E-state index in [9.17, 15) is 9.18 Å². The Morgan fingerprint density at radius 1 is 1.21 bits per heavy atom. The van der Waals surface area contributed by atoms with Gasteiger partial charge < -0.3 is 9.72 Å². The van der Waals surface area contributed by atoms with Gasteiger partial charge in [-0.2, -0.15) is 0 Å². The lowest BCUT2D eigenvalue weighted by atomic mass is 10.1. The van der Waals surface area contributed by atoms with E-state index in [1.807, 2.05) is 6.07 Å². The molecule has 0 aliphatic heterocycles. The maximum absolute atomic E-state index is 13.0. The Morgan fingerprint density at radius 3 is 2.58 bits per heavy atom. The fourth-order valence-electron chi connectivity index (χ4n) is 2.29. The monoisotopic (exact) mass is 327 g/mol. The normalized spacial score (nSPS) is 11.5. The fraction of sp³-hybridized carbons (Fsp3) is 0.222. The highest BCUT2D eigenvalue weighted by Gasteiger charge is 2.16. The van der Waals surface area contributed by atoms with Crippen molar-refractivity contribution >= 4 is 22.8 Å². The molecule has 0 unspecified atom stereocenters. The second kappa shape index (κ2) is 5.96. The molecule has 0 saturated carbocycles. The highest BCUT2D eigenvalue weighted by molar-refractivity contribution is 5.90. The molecule has 0 bridgehead atoms. The Balaban J connectivity index is 1.84. The van der Waals surface area contributed by atoms with Gasteiger partial charge >= 0.3 is 6.09 Å². The maximum atomic E-state index is 13.0. The molecule has 0 atom stereocenters. The molecule has 124 valence electrons. The predicted molar refractivity (Wildman–Crippen MR) is 91.3 cm³/mol. The molecule has 0 radical (unpaired) electrons. The van der Waals surface area contributed by atoms with Crippen LogP contribution in [0.5, 0.6) is 0 Å². The Morgan fingerprint density at radius 2 is 1.92 bits per heavy atom. The van der Waals surface area contributed by atoms with Crippen molar-refractivity contribution in [1.29, 1.82) is 0 Å².